The molecule has 3 aromatic carbocycles. The fraction of sp³-hybridized carbons (Fsp3) is 0.185. The Balaban J connectivity index is 1.51. The van der Waals surface area contributed by atoms with E-state index in [0.717, 1.165) is 28.9 Å². The highest BCUT2D eigenvalue weighted by molar-refractivity contribution is 7.80. The highest BCUT2D eigenvalue weighted by Gasteiger charge is 2.50. The van der Waals surface area contributed by atoms with E-state index in [4.69, 9.17) is 12.2 Å². The third-order valence-electron chi connectivity index (χ3n) is 6.77. The van der Waals surface area contributed by atoms with Gasteiger partial charge in [0, 0.05) is 23.0 Å². The number of H-pyrrole nitrogens is 1. The van der Waals surface area contributed by atoms with Gasteiger partial charge in [-0.1, -0.05) is 67.6 Å². The highest BCUT2D eigenvalue weighted by atomic mass is 32.1. The molecule has 158 valence electrons. The molecule has 1 saturated heterocycles. The van der Waals surface area contributed by atoms with Crippen LogP contribution in [0.5, 0.6) is 0 Å². The summed E-state index contributed by atoms with van der Waals surface area (Å²) in [5.74, 6) is 0.0520. The summed E-state index contributed by atoms with van der Waals surface area (Å²) in [4.78, 5) is 21.3. The van der Waals surface area contributed by atoms with Gasteiger partial charge in [0.05, 0.1) is 11.7 Å². The van der Waals surface area contributed by atoms with Gasteiger partial charge >= 0.3 is 0 Å². The summed E-state index contributed by atoms with van der Waals surface area (Å²) >= 11 is 5.96. The van der Waals surface area contributed by atoms with Gasteiger partial charge in [0.25, 0.3) is 5.91 Å². The molecule has 1 N–H and O–H groups in total. The van der Waals surface area contributed by atoms with Gasteiger partial charge in [-0.3, -0.25) is 9.69 Å². The summed E-state index contributed by atoms with van der Waals surface area (Å²) in [6.45, 7) is 2.13. The third-order valence-corrected chi connectivity index (χ3v) is 7.16. The molecular weight excluding hydrogens is 414 g/mol. The molecule has 1 aromatic heterocycles. The monoisotopic (exact) mass is 437 g/mol. The van der Waals surface area contributed by atoms with Crippen LogP contribution >= 0.6 is 12.2 Å². The van der Waals surface area contributed by atoms with Crippen molar-refractivity contribution in [1.29, 1.82) is 0 Å². The smallest absolute Gasteiger partial charge is 0.256 e. The maximum absolute atomic E-state index is 13.7. The van der Waals surface area contributed by atoms with Crippen LogP contribution in [0.4, 0.5) is 5.69 Å². The van der Waals surface area contributed by atoms with Gasteiger partial charge in [-0.25, -0.2) is 0 Å². The number of aromatic nitrogens is 1. The van der Waals surface area contributed by atoms with Crippen LogP contribution < -0.4 is 4.90 Å². The Bertz CT molecular complexity index is 1340. The van der Waals surface area contributed by atoms with Crippen molar-refractivity contribution in [2.45, 2.75) is 31.8 Å². The normalized spacial score (nSPS) is 20.0. The molecule has 2 atom stereocenters. The quantitative estimate of drug-likeness (QED) is 0.438. The first-order valence-electron chi connectivity index (χ1n) is 11.1. The molecule has 0 bridgehead atoms. The number of rotatable bonds is 3. The van der Waals surface area contributed by atoms with Crippen LogP contribution in [0.15, 0.2) is 78.9 Å². The number of hydrogen-bond acceptors (Lipinski definition) is 2. The first-order chi connectivity index (χ1) is 15.7. The van der Waals surface area contributed by atoms with E-state index in [0.29, 0.717) is 11.5 Å². The molecule has 32 heavy (non-hydrogen) atoms. The Morgan fingerprint density at radius 2 is 1.69 bits per heavy atom. The standard InChI is InChI=1S/C27H23N3OS/c1-2-17-12-14-19(15-13-17)29-26(31)23-16-21-20-10-6-7-11-22(20)28-24(21)25(30(23)27(29)32)18-8-4-3-5-9-18/h3-15,23,25,28H,2,16H2,1H3. The molecule has 0 saturated carbocycles. The van der Waals surface area contributed by atoms with E-state index in [1.54, 1.807) is 4.90 Å². The van der Waals surface area contributed by atoms with Crippen LogP contribution in [0.1, 0.15) is 35.3 Å². The Morgan fingerprint density at radius 3 is 2.44 bits per heavy atom. The summed E-state index contributed by atoms with van der Waals surface area (Å²) < 4.78 is 0. The number of aromatic amines is 1. The molecule has 2 aliphatic rings. The van der Waals surface area contributed by atoms with Crippen LogP contribution in [-0.4, -0.2) is 26.9 Å². The molecule has 0 spiro atoms. The first-order valence-corrected chi connectivity index (χ1v) is 11.5. The topological polar surface area (TPSA) is 39.3 Å². The number of carbonyl (C=O) groups is 1. The summed E-state index contributed by atoms with van der Waals surface area (Å²) in [5, 5.41) is 1.76. The molecular formula is C27H23N3OS. The number of nitrogens with zero attached hydrogens (tertiary/aromatic N) is 2. The van der Waals surface area contributed by atoms with Crippen LogP contribution in [0.25, 0.3) is 10.9 Å². The average molecular weight is 438 g/mol. The van der Waals surface area contributed by atoms with Crippen molar-refractivity contribution in [3.63, 3.8) is 0 Å². The summed E-state index contributed by atoms with van der Waals surface area (Å²) in [6.07, 6.45) is 1.61. The Labute approximate surface area is 192 Å². The van der Waals surface area contributed by atoms with Gasteiger partial charge in [0.1, 0.15) is 6.04 Å². The number of amides is 1. The van der Waals surface area contributed by atoms with Crippen LogP contribution in [0, 0.1) is 0 Å². The Kier molecular flexibility index (Phi) is 4.40. The fourth-order valence-corrected chi connectivity index (χ4v) is 5.60. The number of benzene rings is 3. The van der Waals surface area contributed by atoms with Crippen molar-refractivity contribution in [2.75, 3.05) is 4.90 Å². The van der Waals surface area contributed by atoms with E-state index in [9.17, 15) is 4.79 Å². The molecule has 4 aromatic rings. The third kappa shape index (κ3) is 2.74. The number of aryl methyl sites for hydroxylation is 1. The van der Waals surface area contributed by atoms with E-state index in [-0.39, 0.29) is 18.0 Å². The average Bonchev–Trinajstić information content (AvgIpc) is 3.33. The maximum atomic E-state index is 13.7. The SMILES string of the molecule is CCc1ccc(N2C(=O)C3Cc4c([nH]c5ccccc45)C(c4ccccc4)N3C2=S)cc1. The predicted octanol–water partition coefficient (Wildman–Crippen LogP) is 5.38. The second-order valence-electron chi connectivity index (χ2n) is 8.48. The van der Waals surface area contributed by atoms with Gasteiger partial charge in [-0.05, 0) is 53.5 Å². The molecule has 4 nitrogen and oxygen atoms in total. The van der Waals surface area contributed by atoms with Gasteiger partial charge in [0.2, 0.25) is 0 Å². The molecule has 2 unspecified atom stereocenters. The largest absolute Gasteiger partial charge is 0.356 e. The second-order valence-corrected chi connectivity index (χ2v) is 8.84. The van der Waals surface area contributed by atoms with E-state index in [1.165, 1.54) is 16.5 Å². The number of anilines is 1. The summed E-state index contributed by atoms with van der Waals surface area (Å²) in [5.41, 5.74) is 6.66. The Hall–Kier alpha value is -3.44. The molecule has 5 heteroatoms. The second kappa shape index (κ2) is 7.31. The van der Waals surface area contributed by atoms with Gasteiger partial charge in [0.15, 0.2) is 5.11 Å². The molecule has 1 amide bonds. The van der Waals surface area contributed by atoms with Gasteiger partial charge in [-0.15, -0.1) is 0 Å². The highest BCUT2D eigenvalue weighted by Crippen LogP contribution is 2.44. The molecule has 0 radical (unpaired) electrons. The predicted molar refractivity (Wildman–Crippen MR) is 132 cm³/mol. The van der Waals surface area contributed by atoms with Crippen molar-refractivity contribution >= 4 is 39.8 Å². The van der Waals surface area contributed by atoms with E-state index in [2.05, 4.69) is 59.3 Å². The van der Waals surface area contributed by atoms with Crippen molar-refractivity contribution in [3.05, 3.63) is 101 Å². The minimum Gasteiger partial charge on any atom is -0.356 e. The zero-order chi connectivity index (χ0) is 21.8. The summed E-state index contributed by atoms with van der Waals surface area (Å²) in [6, 6.07) is 26.4. The van der Waals surface area contributed by atoms with Crippen molar-refractivity contribution < 1.29 is 4.79 Å². The lowest BCUT2D eigenvalue weighted by molar-refractivity contribution is -0.120. The summed E-state index contributed by atoms with van der Waals surface area (Å²) in [7, 11) is 0. The van der Waals surface area contributed by atoms with E-state index in [1.807, 2.05) is 36.4 Å². The number of hydrogen-bond donors (Lipinski definition) is 1. The zero-order valence-corrected chi connectivity index (χ0v) is 18.6. The molecule has 6 rings (SSSR count). The van der Waals surface area contributed by atoms with Gasteiger partial charge in [-0.2, -0.15) is 0 Å². The number of nitrogens with one attached hydrogen (secondary N) is 1. The first kappa shape index (κ1) is 19.3. The number of para-hydroxylation sites is 1. The lowest BCUT2D eigenvalue weighted by Crippen LogP contribution is -2.44. The minimum atomic E-state index is -0.315. The van der Waals surface area contributed by atoms with Crippen LogP contribution in [-0.2, 0) is 17.6 Å². The zero-order valence-electron chi connectivity index (χ0n) is 17.8. The number of carbonyl (C=O) groups excluding carboxylic acids is 1. The lowest BCUT2D eigenvalue weighted by atomic mass is 9.89. The molecule has 2 aliphatic heterocycles. The fourth-order valence-electron chi connectivity index (χ4n) is 5.17. The molecule has 0 aliphatic carbocycles. The van der Waals surface area contributed by atoms with Crippen LogP contribution in [0.3, 0.4) is 0 Å². The minimum absolute atomic E-state index is 0.0520. The van der Waals surface area contributed by atoms with Crippen molar-refractivity contribution in [2.24, 2.45) is 0 Å². The Morgan fingerprint density at radius 1 is 0.969 bits per heavy atom. The van der Waals surface area contributed by atoms with E-state index < -0.39 is 0 Å². The molecule has 3 heterocycles. The maximum Gasteiger partial charge on any atom is 0.256 e. The van der Waals surface area contributed by atoms with Crippen molar-refractivity contribution in [1.82, 2.24) is 9.88 Å². The van der Waals surface area contributed by atoms with E-state index >= 15 is 0 Å². The lowest BCUT2D eigenvalue weighted by Gasteiger charge is -2.37. The van der Waals surface area contributed by atoms with Gasteiger partial charge < -0.3 is 9.88 Å². The van der Waals surface area contributed by atoms with Crippen LogP contribution in [0.2, 0.25) is 0 Å². The number of fused-ring (bicyclic) bond motifs is 4. The number of thiocarbonyl (C=S) groups is 1. The molecule has 1 fully saturated rings. The van der Waals surface area contributed by atoms with Crippen molar-refractivity contribution in [3.8, 4) is 0 Å².